The number of urea groups is 1. The molecule has 8 heteroatoms. The first-order chi connectivity index (χ1) is 13.0. The molecule has 7 nitrogen and oxygen atoms in total. The van der Waals surface area contributed by atoms with E-state index in [1.54, 1.807) is 0 Å². The zero-order valence-electron chi connectivity index (χ0n) is 14.3. The van der Waals surface area contributed by atoms with Crippen molar-refractivity contribution in [2.24, 2.45) is 0 Å². The number of carbonyl (C=O) groups excluding carboxylic acids is 2. The third-order valence-corrected chi connectivity index (χ3v) is 3.92. The molecule has 138 valence electrons. The van der Waals surface area contributed by atoms with E-state index in [9.17, 15) is 18.8 Å². The Kier molecular flexibility index (Phi) is 5.55. The SMILES string of the molecule is O=C(CCn1cnc2cc(F)ccc2c1=O)NC(=O)NCc1ccccc1. The van der Waals surface area contributed by atoms with Crippen LogP contribution in [0.4, 0.5) is 9.18 Å². The van der Waals surface area contributed by atoms with E-state index < -0.39 is 17.8 Å². The highest BCUT2D eigenvalue weighted by Gasteiger charge is 2.10. The van der Waals surface area contributed by atoms with Crippen molar-refractivity contribution in [2.75, 3.05) is 0 Å². The standard InChI is InChI=1S/C19H17FN4O3/c20-14-6-7-15-16(10-14)22-12-24(18(15)26)9-8-17(25)23-19(27)21-11-13-4-2-1-3-5-13/h1-7,10,12H,8-9,11H2,(H2,21,23,25,27). The molecule has 3 amide bonds. The minimum Gasteiger partial charge on any atom is -0.334 e. The highest BCUT2D eigenvalue weighted by Crippen LogP contribution is 2.08. The van der Waals surface area contributed by atoms with Crippen LogP contribution < -0.4 is 16.2 Å². The molecule has 0 saturated heterocycles. The molecule has 2 N–H and O–H groups in total. The molecular formula is C19H17FN4O3. The van der Waals surface area contributed by atoms with Crippen LogP contribution >= 0.6 is 0 Å². The predicted octanol–water partition coefficient (Wildman–Crippen LogP) is 1.95. The normalized spacial score (nSPS) is 10.6. The van der Waals surface area contributed by atoms with Crippen LogP contribution in [0, 0.1) is 5.82 Å². The number of carbonyl (C=O) groups is 2. The second-order valence-electron chi connectivity index (χ2n) is 5.87. The average Bonchev–Trinajstić information content (AvgIpc) is 2.66. The second-order valence-corrected chi connectivity index (χ2v) is 5.87. The van der Waals surface area contributed by atoms with Gasteiger partial charge in [-0.25, -0.2) is 14.2 Å². The molecule has 0 aliphatic rings. The quantitative estimate of drug-likeness (QED) is 0.720. The molecule has 0 spiro atoms. The summed E-state index contributed by atoms with van der Waals surface area (Å²) in [5, 5.41) is 5.06. The summed E-state index contributed by atoms with van der Waals surface area (Å²) >= 11 is 0. The van der Waals surface area contributed by atoms with Crippen molar-refractivity contribution in [2.45, 2.75) is 19.5 Å². The smallest absolute Gasteiger partial charge is 0.321 e. The fourth-order valence-electron chi connectivity index (χ4n) is 2.52. The number of amides is 3. The molecule has 0 fully saturated rings. The lowest BCUT2D eigenvalue weighted by molar-refractivity contribution is -0.120. The first kappa shape index (κ1) is 18.2. The van der Waals surface area contributed by atoms with Gasteiger partial charge in [0.15, 0.2) is 0 Å². The first-order valence-corrected chi connectivity index (χ1v) is 8.29. The molecule has 1 heterocycles. The Hall–Kier alpha value is -3.55. The van der Waals surface area contributed by atoms with Crippen LogP contribution in [0.15, 0.2) is 59.7 Å². The molecule has 1 aromatic heterocycles. The topological polar surface area (TPSA) is 93.1 Å². The number of hydrogen-bond donors (Lipinski definition) is 2. The van der Waals surface area contributed by atoms with Gasteiger partial charge in [0.2, 0.25) is 5.91 Å². The van der Waals surface area contributed by atoms with Crippen LogP contribution in [0.25, 0.3) is 10.9 Å². The largest absolute Gasteiger partial charge is 0.334 e. The lowest BCUT2D eigenvalue weighted by atomic mass is 10.2. The Bertz CT molecular complexity index is 1030. The molecule has 0 bridgehead atoms. The second kappa shape index (κ2) is 8.22. The first-order valence-electron chi connectivity index (χ1n) is 8.29. The number of hydrogen-bond acceptors (Lipinski definition) is 4. The highest BCUT2D eigenvalue weighted by atomic mass is 19.1. The van der Waals surface area contributed by atoms with Crippen LogP contribution in [-0.2, 0) is 17.9 Å². The lowest BCUT2D eigenvalue weighted by Crippen LogP contribution is -2.39. The van der Waals surface area contributed by atoms with E-state index in [4.69, 9.17) is 0 Å². The Balaban J connectivity index is 1.53. The van der Waals surface area contributed by atoms with Crippen molar-refractivity contribution in [1.29, 1.82) is 0 Å². The van der Waals surface area contributed by atoms with Crippen LogP contribution in [0.1, 0.15) is 12.0 Å². The maximum absolute atomic E-state index is 13.2. The molecule has 0 radical (unpaired) electrons. The van der Waals surface area contributed by atoms with Gasteiger partial charge in [-0.1, -0.05) is 30.3 Å². The van der Waals surface area contributed by atoms with Crippen molar-refractivity contribution >= 4 is 22.8 Å². The molecule has 0 unspecified atom stereocenters. The molecule has 27 heavy (non-hydrogen) atoms. The molecule has 0 saturated carbocycles. The van der Waals surface area contributed by atoms with Crippen LogP contribution in [0.2, 0.25) is 0 Å². The molecule has 0 atom stereocenters. The van der Waals surface area contributed by atoms with Crippen LogP contribution in [-0.4, -0.2) is 21.5 Å². The van der Waals surface area contributed by atoms with E-state index in [1.165, 1.54) is 29.1 Å². The van der Waals surface area contributed by atoms with Gasteiger partial charge in [0.05, 0.1) is 17.2 Å². The number of nitrogens with one attached hydrogen (secondary N) is 2. The number of benzene rings is 2. The Labute approximate surface area is 153 Å². The number of aromatic nitrogens is 2. The number of halogens is 1. The molecule has 0 aliphatic heterocycles. The maximum Gasteiger partial charge on any atom is 0.321 e. The van der Waals surface area contributed by atoms with Crippen LogP contribution in [0.3, 0.4) is 0 Å². The average molecular weight is 368 g/mol. The van der Waals surface area contributed by atoms with Gasteiger partial charge in [0.25, 0.3) is 5.56 Å². The van der Waals surface area contributed by atoms with Crippen LogP contribution in [0.5, 0.6) is 0 Å². The summed E-state index contributed by atoms with van der Waals surface area (Å²) in [7, 11) is 0. The van der Waals surface area contributed by atoms with E-state index in [2.05, 4.69) is 15.6 Å². The summed E-state index contributed by atoms with van der Waals surface area (Å²) < 4.78 is 14.4. The molecule has 0 aliphatic carbocycles. The molecule has 3 rings (SSSR count). The Morgan fingerprint density at radius 2 is 1.89 bits per heavy atom. The highest BCUT2D eigenvalue weighted by molar-refractivity contribution is 5.94. The van der Waals surface area contributed by atoms with E-state index in [-0.39, 0.29) is 29.4 Å². The monoisotopic (exact) mass is 368 g/mol. The molecule has 3 aromatic rings. The van der Waals surface area contributed by atoms with E-state index in [0.29, 0.717) is 6.54 Å². The van der Waals surface area contributed by atoms with E-state index in [1.807, 2.05) is 30.3 Å². The Morgan fingerprint density at radius 1 is 1.11 bits per heavy atom. The summed E-state index contributed by atoms with van der Waals surface area (Å²) in [6.07, 6.45) is 1.18. The minimum absolute atomic E-state index is 0.0525. The summed E-state index contributed by atoms with van der Waals surface area (Å²) in [6.45, 7) is 0.349. The number of nitrogens with zero attached hydrogens (tertiary/aromatic N) is 2. The maximum atomic E-state index is 13.2. The van der Waals surface area contributed by atoms with Gasteiger partial charge in [-0.05, 0) is 17.7 Å². The summed E-state index contributed by atoms with van der Waals surface area (Å²) in [6, 6.07) is 12.4. The fraction of sp³-hybridized carbons (Fsp3) is 0.158. The third kappa shape index (κ3) is 4.75. The predicted molar refractivity (Wildman–Crippen MR) is 97.4 cm³/mol. The van der Waals surface area contributed by atoms with Crippen molar-refractivity contribution in [1.82, 2.24) is 20.2 Å². The van der Waals surface area contributed by atoms with Gasteiger partial charge in [0.1, 0.15) is 5.82 Å². The lowest BCUT2D eigenvalue weighted by Gasteiger charge is -2.08. The van der Waals surface area contributed by atoms with E-state index in [0.717, 1.165) is 5.56 Å². The van der Waals surface area contributed by atoms with Crippen molar-refractivity contribution < 1.29 is 14.0 Å². The van der Waals surface area contributed by atoms with Gasteiger partial charge >= 0.3 is 6.03 Å². The van der Waals surface area contributed by atoms with Crippen molar-refractivity contribution in [3.05, 3.63) is 76.6 Å². The van der Waals surface area contributed by atoms with Crippen molar-refractivity contribution in [3.63, 3.8) is 0 Å². The zero-order valence-corrected chi connectivity index (χ0v) is 14.3. The number of aryl methyl sites for hydroxylation is 1. The third-order valence-electron chi connectivity index (χ3n) is 3.92. The van der Waals surface area contributed by atoms with Gasteiger partial charge in [-0.15, -0.1) is 0 Å². The minimum atomic E-state index is -0.608. The number of rotatable bonds is 5. The van der Waals surface area contributed by atoms with E-state index >= 15 is 0 Å². The summed E-state index contributed by atoms with van der Waals surface area (Å²) in [5.41, 5.74) is 0.785. The van der Waals surface area contributed by atoms with Crippen molar-refractivity contribution in [3.8, 4) is 0 Å². The summed E-state index contributed by atoms with van der Waals surface area (Å²) in [5.74, 6) is -1.00. The number of fused-ring (bicyclic) bond motifs is 1. The Morgan fingerprint density at radius 3 is 2.67 bits per heavy atom. The van der Waals surface area contributed by atoms with Gasteiger partial charge < -0.3 is 5.32 Å². The zero-order chi connectivity index (χ0) is 19.2. The van der Waals surface area contributed by atoms with Gasteiger partial charge in [-0.3, -0.25) is 19.5 Å². The summed E-state index contributed by atoms with van der Waals surface area (Å²) in [4.78, 5) is 40.0. The molecule has 2 aromatic carbocycles. The number of imide groups is 1. The fourth-order valence-corrected chi connectivity index (χ4v) is 2.52. The van der Waals surface area contributed by atoms with Gasteiger partial charge in [0, 0.05) is 25.6 Å². The van der Waals surface area contributed by atoms with Gasteiger partial charge in [-0.2, -0.15) is 0 Å². The molecular weight excluding hydrogens is 351 g/mol.